The second-order valence-corrected chi connectivity index (χ2v) is 7.18. The molecule has 1 aliphatic carbocycles. The van der Waals surface area contributed by atoms with E-state index in [0.717, 1.165) is 57.3 Å². The van der Waals surface area contributed by atoms with Crippen LogP contribution in [0.1, 0.15) is 46.5 Å². The number of rotatable bonds is 7. The van der Waals surface area contributed by atoms with Crippen LogP contribution in [-0.2, 0) is 4.79 Å². The van der Waals surface area contributed by atoms with Gasteiger partial charge in [0.05, 0.1) is 0 Å². The summed E-state index contributed by atoms with van der Waals surface area (Å²) in [4.78, 5) is 14.6. The van der Waals surface area contributed by atoms with Crippen LogP contribution in [0.15, 0.2) is 0 Å². The molecule has 4 heteroatoms. The Morgan fingerprint density at radius 2 is 1.90 bits per heavy atom. The molecule has 2 aliphatic rings. The molecule has 0 spiro atoms. The summed E-state index contributed by atoms with van der Waals surface area (Å²) in [5, 5.41) is 3.51. The lowest BCUT2D eigenvalue weighted by molar-refractivity contribution is -0.126. The first-order valence-electron chi connectivity index (χ1n) is 8.25. The van der Waals surface area contributed by atoms with Gasteiger partial charge in [0.25, 0.3) is 0 Å². The Balaban J connectivity index is 2.08. The fraction of sp³-hybridized carbons (Fsp3) is 0.938. The Morgan fingerprint density at radius 3 is 2.35 bits per heavy atom. The van der Waals surface area contributed by atoms with E-state index in [9.17, 15) is 4.79 Å². The number of nitrogens with zero attached hydrogens (tertiary/aromatic N) is 1. The van der Waals surface area contributed by atoms with Gasteiger partial charge in [-0.2, -0.15) is 0 Å². The Hall–Kier alpha value is -0.610. The van der Waals surface area contributed by atoms with Crippen LogP contribution in [0, 0.1) is 17.8 Å². The summed E-state index contributed by atoms with van der Waals surface area (Å²) >= 11 is 0. The molecule has 2 rings (SSSR count). The minimum atomic E-state index is -0.493. The molecular weight excluding hydrogens is 250 g/mol. The normalized spacial score (nSPS) is 30.9. The average Bonchev–Trinajstić information content (AvgIpc) is 3.17. The van der Waals surface area contributed by atoms with E-state index in [1.165, 1.54) is 6.42 Å². The van der Waals surface area contributed by atoms with Gasteiger partial charge in [0.1, 0.15) is 5.54 Å². The van der Waals surface area contributed by atoms with Gasteiger partial charge < -0.3 is 16.0 Å². The molecule has 0 aromatic carbocycles. The van der Waals surface area contributed by atoms with E-state index in [4.69, 9.17) is 5.73 Å². The van der Waals surface area contributed by atoms with Gasteiger partial charge in [-0.25, -0.2) is 0 Å². The second-order valence-electron chi connectivity index (χ2n) is 7.18. The minimum absolute atomic E-state index is 0.153. The lowest BCUT2D eigenvalue weighted by atomic mass is 9.87. The molecule has 3 N–H and O–H groups in total. The van der Waals surface area contributed by atoms with Crippen molar-refractivity contribution in [1.29, 1.82) is 0 Å². The molecule has 20 heavy (non-hydrogen) atoms. The molecule has 1 heterocycles. The molecular formula is C16H31N3O. The Kier molecular flexibility index (Phi) is 5.08. The molecule has 0 radical (unpaired) electrons. The van der Waals surface area contributed by atoms with E-state index in [0.29, 0.717) is 5.92 Å². The van der Waals surface area contributed by atoms with Crippen molar-refractivity contribution in [3.05, 3.63) is 0 Å². The van der Waals surface area contributed by atoms with Crippen molar-refractivity contribution in [2.24, 2.45) is 23.5 Å². The highest BCUT2D eigenvalue weighted by Crippen LogP contribution is 2.40. The van der Waals surface area contributed by atoms with Gasteiger partial charge in [-0.3, -0.25) is 4.79 Å². The fourth-order valence-corrected chi connectivity index (χ4v) is 3.89. The second kappa shape index (κ2) is 6.44. The lowest BCUT2D eigenvalue weighted by Gasteiger charge is -2.42. The predicted octanol–water partition coefficient (Wildman–Crippen LogP) is 1.60. The standard InChI is InChI=1S/C16H31N3O/c1-4-7-18-16(15(17)20,14-5-6-14)11-19-9-12(2)8-13(3)10-19/h12-14,18H,4-11H2,1-3H3,(H2,17,20). The summed E-state index contributed by atoms with van der Waals surface area (Å²) in [6, 6.07) is 0. The molecule has 116 valence electrons. The number of carbonyl (C=O) groups is 1. The van der Waals surface area contributed by atoms with Crippen LogP contribution < -0.4 is 11.1 Å². The summed E-state index contributed by atoms with van der Waals surface area (Å²) in [6.45, 7) is 10.6. The van der Waals surface area contributed by atoms with Gasteiger partial charge in [-0.1, -0.05) is 20.8 Å². The third-order valence-electron chi connectivity index (χ3n) is 4.82. The number of nitrogens with one attached hydrogen (secondary N) is 1. The van der Waals surface area contributed by atoms with Gasteiger partial charge in [-0.15, -0.1) is 0 Å². The van der Waals surface area contributed by atoms with Crippen molar-refractivity contribution in [3.8, 4) is 0 Å². The Bertz CT molecular complexity index is 333. The van der Waals surface area contributed by atoms with E-state index in [2.05, 4.69) is 31.0 Å². The first kappa shape index (κ1) is 15.8. The maximum absolute atomic E-state index is 12.2. The zero-order valence-electron chi connectivity index (χ0n) is 13.3. The molecule has 0 aromatic heterocycles. The van der Waals surface area contributed by atoms with Crippen LogP contribution in [0.2, 0.25) is 0 Å². The topological polar surface area (TPSA) is 58.4 Å². The maximum atomic E-state index is 12.2. The van der Waals surface area contributed by atoms with Crippen molar-refractivity contribution < 1.29 is 4.79 Å². The van der Waals surface area contributed by atoms with E-state index >= 15 is 0 Å². The van der Waals surface area contributed by atoms with E-state index < -0.39 is 5.54 Å². The van der Waals surface area contributed by atoms with Crippen molar-refractivity contribution in [2.45, 2.75) is 52.0 Å². The quantitative estimate of drug-likeness (QED) is 0.745. The SMILES string of the molecule is CCCNC(CN1CC(C)CC(C)C1)(C(N)=O)C1CC1. The summed E-state index contributed by atoms with van der Waals surface area (Å²) in [7, 11) is 0. The maximum Gasteiger partial charge on any atom is 0.239 e. The van der Waals surface area contributed by atoms with Gasteiger partial charge in [0.15, 0.2) is 0 Å². The number of primary amides is 1. The van der Waals surface area contributed by atoms with Crippen LogP contribution in [0.3, 0.4) is 0 Å². The molecule has 0 bridgehead atoms. The number of hydrogen-bond acceptors (Lipinski definition) is 3. The molecule has 2 fully saturated rings. The van der Waals surface area contributed by atoms with Gasteiger partial charge in [0.2, 0.25) is 5.91 Å². The first-order chi connectivity index (χ1) is 9.48. The van der Waals surface area contributed by atoms with Gasteiger partial charge in [0, 0.05) is 19.6 Å². The number of nitrogens with two attached hydrogens (primary N) is 1. The molecule has 1 saturated heterocycles. The van der Waals surface area contributed by atoms with Crippen LogP contribution in [-0.4, -0.2) is 42.5 Å². The number of likely N-dealkylation sites (tertiary alicyclic amines) is 1. The highest BCUT2D eigenvalue weighted by Gasteiger charge is 2.50. The Labute approximate surface area is 123 Å². The largest absolute Gasteiger partial charge is 0.368 e. The number of carbonyl (C=O) groups excluding carboxylic acids is 1. The van der Waals surface area contributed by atoms with E-state index in [1.807, 2.05) is 0 Å². The molecule has 3 unspecified atom stereocenters. The van der Waals surface area contributed by atoms with Crippen LogP contribution >= 0.6 is 0 Å². The predicted molar refractivity (Wildman–Crippen MR) is 82.3 cm³/mol. The van der Waals surface area contributed by atoms with Crippen LogP contribution in [0.4, 0.5) is 0 Å². The lowest BCUT2D eigenvalue weighted by Crippen LogP contribution is -2.64. The summed E-state index contributed by atoms with van der Waals surface area (Å²) in [5.74, 6) is 1.72. The summed E-state index contributed by atoms with van der Waals surface area (Å²) < 4.78 is 0. The molecule has 3 atom stereocenters. The summed E-state index contributed by atoms with van der Waals surface area (Å²) in [5.41, 5.74) is 5.32. The highest BCUT2D eigenvalue weighted by atomic mass is 16.1. The van der Waals surface area contributed by atoms with Crippen molar-refractivity contribution in [2.75, 3.05) is 26.2 Å². The van der Waals surface area contributed by atoms with E-state index in [-0.39, 0.29) is 5.91 Å². The van der Waals surface area contributed by atoms with Gasteiger partial charge in [-0.05, 0) is 50.0 Å². The third-order valence-corrected chi connectivity index (χ3v) is 4.82. The van der Waals surface area contributed by atoms with E-state index in [1.54, 1.807) is 0 Å². The minimum Gasteiger partial charge on any atom is -0.368 e. The zero-order chi connectivity index (χ0) is 14.8. The van der Waals surface area contributed by atoms with Crippen LogP contribution in [0.25, 0.3) is 0 Å². The molecule has 1 aliphatic heterocycles. The number of piperidine rings is 1. The third kappa shape index (κ3) is 3.53. The van der Waals surface area contributed by atoms with Crippen molar-refractivity contribution in [3.63, 3.8) is 0 Å². The van der Waals surface area contributed by atoms with Crippen molar-refractivity contribution in [1.82, 2.24) is 10.2 Å². The fourth-order valence-electron chi connectivity index (χ4n) is 3.89. The Morgan fingerprint density at radius 1 is 1.30 bits per heavy atom. The van der Waals surface area contributed by atoms with Gasteiger partial charge >= 0.3 is 0 Å². The summed E-state index contributed by atoms with van der Waals surface area (Å²) in [6.07, 6.45) is 4.61. The zero-order valence-corrected chi connectivity index (χ0v) is 13.3. The average molecular weight is 281 g/mol. The molecule has 1 amide bonds. The monoisotopic (exact) mass is 281 g/mol. The van der Waals surface area contributed by atoms with Crippen LogP contribution in [0.5, 0.6) is 0 Å². The smallest absolute Gasteiger partial charge is 0.239 e. The first-order valence-corrected chi connectivity index (χ1v) is 8.25. The highest BCUT2D eigenvalue weighted by molar-refractivity contribution is 5.86. The molecule has 4 nitrogen and oxygen atoms in total. The number of amides is 1. The number of hydrogen-bond donors (Lipinski definition) is 2. The molecule has 0 aromatic rings. The molecule has 1 saturated carbocycles. The van der Waals surface area contributed by atoms with Crippen molar-refractivity contribution >= 4 is 5.91 Å².